The van der Waals surface area contributed by atoms with Gasteiger partial charge in [0.25, 0.3) is 0 Å². The molecule has 1 atom stereocenters. The van der Waals surface area contributed by atoms with Gasteiger partial charge in [-0.15, -0.1) is 0 Å². The fourth-order valence-corrected chi connectivity index (χ4v) is 0.517. The van der Waals surface area contributed by atoms with Gasteiger partial charge in [0.15, 0.2) is 5.82 Å². The van der Waals surface area contributed by atoms with E-state index in [1.807, 2.05) is 0 Å². The van der Waals surface area contributed by atoms with E-state index < -0.39 is 6.04 Å². The van der Waals surface area contributed by atoms with Crippen molar-refractivity contribution >= 4 is 11.7 Å². The number of amides is 1. The Morgan fingerprint density at radius 1 is 1.91 bits per heavy atom. The van der Waals surface area contributed by atoms with Crippen molar-refractivity contribution in [3.63, 3.8) is 0 Å². The van der Waals surface area contributed by atoms with Crippen LogP contribution in [0.4, 0.5) is 5.82 Å². The quantitative estimate of drug-likeness (QED) is 0.627. The zero-order valence-corrected chi connectivity index (χ0v) is 6.07. The van der Waals surface area contributed by atoms with Gasteiger partial charge in [0.1, 0.15) is 6.26 Å². The zero-order valence-electron chi connectivity index (χ0n) is 6.07. The summed E-state index contributed by atoms with van der Waals surface area (Å²) in [6.07, 6.45) is 1.37. The fourth-order valence-electron chi connectivity index (χ4n) is 0.517. The minimum Gasteiger partial charge on any atom is -0.363 e. The molecule has 1 heterocycles. The van der Waals surface area contributed by atoms with Crippen LogP contribution in [0.3, 0.4) is 0 Å². The first-order valence-electron chi connectivity index (χ1n) is 3.17. The monoisotopic (exact) mass is 155 g/mol. The van der Waals surface area contributed by atoms with Gasteiger partial charge < -0.3 is 15.6 Å². The van der Waals surface area contributed by atoms with E-state index in [9.17, 15) is 4.79 Å². The number of nitrogens with two attached hydrogens (primary N) is 1. The molecule has 0 aliphatic heterocycles. The van der Waals surface area contributed by atoms with E-state index >= 15 is 0 Å². The number of hydrogen-bond acceptors (Lipinski definition) is 4. The number of anilines is 1. The van der Waals surface area contributed by atoms with Crippen LogP contribution < -0.4 is 11.1 Å². The molecule has 0 saturated carbocycles. The maximum atomic E-state index is 10.9. The first kappa shape index (κ1) is 7.74. The van der Waals surface area contributed by atoms with Crippen LogP contribution in [0.25, 0.3) is 0 Å². The average Bonchev–Trinajstić information content (AvgIpc) is 2.39. The van der Waals surface area contributed by atoms with Gasteiger partial charge >= 0.3 is 0 Å². The van der Waals surface area contributed by atoms with Gasteiger partial charge in [-0.2, -0.15) is 0 Å². The van der Waals surface area contributed by atoms with Gasteiger partial charge in [0.2, 0.25) is 5.91 Å². The molecule has 1 aromatic heterocycles. The van der Waals surface area contributed by atoms with Crippen LogP contribution in [0, 0.1) is 0 Å². The SMILES string of the molecule is C[C@@H](N)C(=O)Nc1ccon1. The highest BCUT2D eigenvalue weighted by molar-refractivity contribution is 5.93. The third-order valence-electron chi connectivity index (χ3n) is 1.10. The first-order valence-corrected chi connectivity index (χ1v) is 3.17. The van der Waals surface area contributed by atoms with E-state index in [2.05, 4.69) is 15.0 Å². The summed E-state index contributed by atoms with van der Waals surface area (Å²) < 4.78 is 4.49. The Morgan fingerprint density at radius 3 is 3.09 bits per heavy atom. The first-order chi connectivity index (χ1) is 5.20. The van der Waals surface area contributed by atoms with Crippen molar-refractivity contribution in [3.05, 3.63) is 12.3 Å². The Balaban J connectivity index is 2.50. The van der Waals surface area contributed by atoms with Crippen LogP contribution >= 0.6 is 0 Å². The Labute approximate surface area is 63.5 Å². The number of nitrogens with one attached hydrogen (secondary N) is 1. The molecule has 1 amide bonds. The van der Waals surface area contributed by atoms with Crippen LogP contribution in [0.2, 0.25) is 0 Å². The van der Waals surface area contributed by atoms with E-state index in [1.54, 1.807) is 13.0 Å². The van der Waals surface area contributed by atoms with Gasteiger partial charge in [-0.1, -0.05) is 5.16 Å². The lowest BCUT2D eigenvalue weighted by atomic mass is 10.3. The molecule has 0 radical (unpaired) electrons. The second-order valence-corrected chi connectivity index (χ2v) is 2.16. The van der Waals surface area contributed by atoms with E-state index in [-0.39, 0.29) is 5.91 Å². The van der Waals surface area contributed by atoms with Crippen molar-refractivity contribution < 1.29 is 9.32 Å². The smallest absolute Gasteiger partial charge is 0.242 e. The molecular formula is C6H9N3O2. The molecule has 5 nitrogen and oxygen atoms in total. The summed E-state index contributed by atoms with van der Waals surface area (Å²) in [6.45, 7) is 1.59. The standard InChI is InChI=1S/C6H9N3O2/c1-4(7)6(10)8-5-2-3-11-9-5/h2-4H,7H2,1H3,(H,8,9,10)/t4-/m1/s1. The summed E-state index contributed by atoms with van der Waals surface area (Å²) in [4.78, 5) is 10.9. The van der Waals surface area contributed by atoms with Gasteiger partial charge in [-0.05, 0) is 6.92 Å². The Kier molecular flexibility index (Phi) is 2.22. The zero-order chi connectivity index (χ0) is 8.27. The Hall–Kier alpha value is -1.36. The molecule has 60 valence electrons. The van der Waals surface area contributed by atoms with Crippen LogP contribution in [0.5, 0.6) is 0 Å². The summed E-state index contributed by atoms with van der Waals surface area (Å²) in [6, 6.07) is 1.01. The van der Waals surface area contributed by atoms with Crippen molar-refractivity contribution in [1.29, 1.82) is 0 Å². The molecule has 0 spiro atoms. The maximum absolute atomic E-state index is 10.9. The maximum Gasteiger partial charge on any atom is 0.242 e. The molecule has 0 aliphatic rings. The minimum atomic E-state index is -0.535. The lowest BCUT2D eigenvalue weighted by Gasteiger charge is -2.02. The summed E-state index contributed by atoms with van der Waals surface area (Å²) in [5, 5.41) is 5.93. The molecule has 0 fully saturated rings. The second-order valence-electron chi connectivity index (χ2n) is 2.16. The number of carbonyl (C=O) groups is 1. The van der Waals surface area contributed by atoms with Crippen LogP contribution in [0.1, 0.15) is 6.92 Å². The minimum absolute atomic E-state index is 0.279. The number of hydrogen-bond donors (Lipinski definition) is 2. The predicted molar refractivity (Wildman–Crippen MR) is 38.8 cm³/mol. The molecule has 0 aromatic carbocycles. The van der Waals surface area contributed by atoms with Crippen molar-refractivity contribution in [2.45, 2.75) is 13.0 Å². The van der Waals surface area contributed by atoms with E-state index in [0.717, 1.165) is 0 Å². The second kappa shape index (κ2) is 3.16. The van der Waals surface area contributed by atoms with Crippen LogP contribution in [0.15, 0.2) is 16.9 Å². The van der Waals surface area contributed by atoms with E-state index in [1.165, 1.54) is 6.26 Å². The highest BCUT2D eigenvalue weighted by Gasteiger charge is 2.07. The lowest BCUT2D eigenvalue weighted by Crippen LogP contribution is -2.32. The fraction of sp³-hybridized carbons (Fsp3) is 0.333. The summed E-state index contributed by atoms with van der Waals surface area (Å²) in [5.41, 5.74) is 5.28. The molecule has 5 heteroatoms. The molecule has 11 heavy (non-hydrogen) atoms. The highest BCUT2D eigenvalue weighted by Crippen LogP contribution is 2.00. The van der Waals surface area contributed by atoms with Gasteiger partial charge in [0.05, 0.1) is 6.04 Å². The van der Waals surface area contributed by atoms with E-state index in [4.69, 9.17) is 5.73 Å². The van der Waals surface area contributed by atoms with Crippen molar-refractivity contribution in [1.82, 2.24) is 5.16 Å². The van der Waals surface area contributed by atoms with Gasteiger partial charge in [-0.25, -0.2) is 0 Å². The topological polar surface area (TPSA) is 81.2 Å². The Bertz CT molecular complexity index is 230. The number of rotatable bonds is 2. The van der Waals surface area contributed by atoms with Crippen molar-refractivity contribution in [2.75, 3.05) is 5.32 Å². The normalized spacial score (nSPS) is 12.5. The average molecular weight is 155 g/mol. The molecule has 0 bridgehead atoms. The molecule has 0 saturated heterocycles. The highest BCUT2D eigenvalue weighted by atomic mass is 16.5. The van der Waals surface area contributed by atoms with Crippen LogP contribution in [-0.2, 0) is 4.79 Å². The lowest BCUT2D eigenvalue weighted by molar-refractivity contribution is -0.117. The Morgan fingerprint density at radius 2 is 2.64 bits per heavy atom. The summed E-state index contributed by atoms with van der Waals surface area (Å²) in [7, 11) is 0. The third kappa shape index (κ3) is 2.05. The summed E-state index contributed by atoms with van der Waals surface area (Å²) >= 11 is 0. The van der Waals surface area contributed by atoms with Crippen LogP contribution in [-0.4, -0.2) is 17.1 Å². The molecular weight excluding hydrogens is 146 g/mol. The summed E-state index contributed by atoms with van der Waals surface area (Å²) in [5.74, 6) is 0.103. The number of carbonyl (C=O) groups excluding carboxylic acids is 1. The molecule has 1 aromatic rings. The van der Waals surface area contributed by atoms with Gasteiger partial charge in [0, 0.05) is 6.07 Å². The van der Waals surface area contributed by atoms with Crippen molar-refractivity contribution in [3.8, 4) is 0 Å². The third-order valence-corrected chi connectivity index (χ3v) is 1.10. The molecule has 0 aliphatic carbocycles. The number of aromatic nitrogens is 1. The van der Waals surface area contributed by atoms with E-state index in [0.29, 0.717) is 5.82 Å². The van der Waals surface area contributed by atoms with Crippen molar-refractivity contribution in [2.24, 2.45) is 5.73 Å². The predicted octanol–water partition coefficient (Wildman–Crippen LogP) is -0.0397. The van der Waals surface area contributed by atoms with Gasteiger partial charge in [-0.3, -0.25) is 4.79 Å². The molecule has 3 N–H and O–H groups in total. The number of nitrogens with zero attached hydrogens (tertiary/aromatic N) is 1. The molecule has 0 unspecified atom stereocenters. The largest absolute Gasteiger partial charge is 0.363 e. The molecule has 1 rings (SSSR count).